The number of rotatable bonds is 3. The van der Waals surface area contributed by atoms with E-state index in [1.54, 1.807) is 31.2 Å². The summed E-state index contributed by atoms with van der Waals surface area (Å²) in [6.45, 7) is 4.58. The van der Waals surface area contributed by atoms with E-state index in [9.17, 15) is 12.8 Å². The van der Waals surface area contributed by atoms with Gasteiger partial charge in [-0.25, -0.2) is 12.8 Å². The molecule has 0 aliphatic rings. The maximum atomic E-state index is 12.7. The summed E-state index contributed by atoms with van der Waals surface area (Å²) < 4.78 is 35.9. The van der Waals surface area contributed by atoms with Gasteiger partial charge in [0.15, 0.2) is 9.84 Å². The summed E-state index contributed by atoms with van der Waals surface area (Å²) in [7, 11) is 0.934. The van der Waals surface area contributed by atoms with Gasteiger partial charge in [0.1, 0.15) is 5.82 Å². The Labute approximate surface area is 152 Å². The van der Waals surface area contributed by atoms with Crippen molar-refractivity contribution in [2.24, 2.45) is 0 Å². The number of hydrogen-bond donors (Lipinski definition) is 0. The van der Waals surface area contributed by atoms with E-state index in [4.69, 9.17) is 0 Å². The van der Waals surface area contributed by atoms with Gasteiger partial charge in [0, 0.05) is 17.3 Å². The molecule has 0 aromatic heterocycles. The largest absolute Gasteiger partial charge is 0.305 e. The third kappa shape index (κ3) is 6.71. The van der Waals surface area contributed by atoms with Gasteiger partial charge in [0.25, 0.3) is 0 Å². The summed E-state index contributed by atoms with van der Waals surface area (Å²) in [5.41, 5.74) is 2.97. The van der Waals surface area contributed by atoms with E-state index in [1.165, 1.54) is 17.9 Å². The van der Waals surface area contributed by atoms with Crippen molar-refractivity contribution in [3.63, 3.8) is 0 Å². The zero-order valence-electron chi connectivity index (χ0n) is 14.6. The van der Waals surface area contributed by atoms with Crippen LogP contribution in [0.4, 0.5) is 4.39 Å². The number of hydrogen-bond acceptors (Lipinski definition) is 3. The van der Waals surface area contributed by atoms with Crippen molar-refractivity contribution < 1.29 is 12.8 Å². The highest BCUT2D eigenvalue weighted by molar-refractivity contribution is 9.10. The smallest absolute Gasteiger partial charge is 0.175 e. The molecule has 3 nitrogen and oxygen atoms in total. The average Bonchev–Trinajstić information content (AvgIpc) is 2.40. The molecule has 0 radical (unpaired) electrons. The first kappa shape index (κ1) is 20.8. The number of aryl methyl sites for hydroxylation is 2. The number of sulfone groups is 1. The minimum atomic E-state index is -3.07. The van der Waals surface area contributed by atoms with Gasteiger partial charge in [-0.2, -0.15) is 0 Å². The van der Waals surface area contributed by atoms with Crippen LogP contribution in [-0.4, -0.2) is 33.7 Å². The Balaban J connectivity index is 0.000000240. The lowest BCUT2D eigenvalue weighted by atomic mass is 10.1. The zero-order chi connectivity index (χ0) is 18.5. The van der Waals surface area contributed by atoms with E-state index in [0.29, 0.717) is 4.90 Å². The maximum Gasteiger partial charge on any atom is 0.175 e. The van der Waals surface area contributed by atoms with Crippen LogP contribution in [0.3, 0.4) is 0 Å². The van der Waals surface area contributed by atoms with Gasteiger partial charge in [-0.15, -0.1) is 0 Å². The Morgan fingerprint density at radius 2 is 1.67 bits per heavy atom. The van der Waals surface area contributed by atoms with Gasteiger partial charge >= 0.3 is 0 Å². The molecule has 0 amide bonds. The van der Waals surface area contributed by atoms with Gasteiger partial charge in [0.2, 0.25) is 0 Å². The van der Waals surface area contributed by atoms with Crippen LogP contribution in [-0.2, 0) is 16.4 Å². The summed E-state index contributed by atoms with van der Waals surface area (Å²) in [6, 6.07) is 10.0. The molecule has 0 unspecified atom stereocenters. The van der Waals surface area contributed by atoms with E-state index < -0.39 is 9.84 Å². The molecular weight excluding hydrogens is 393 g/mol. The van der Waals surface area contributed by atoms with Crippen LogP contribution < -0.4 is 0 Å². The summed E-state index contributed by atoms with van der Waals surface area (Å²) in [6.07, 6.45) is 1.21. The van der Waals surface area contributed by atoms with E-state index in [0.717, 1.165) is 22.1 Å². The first-order valence-electron chi connectivity index (χ1n) is 7.36. The number of nitrogens with zero attached hydrogens (tertiary/aromatic N) is 1. The predicted molar refractivity (Wildman–Crippen MR) is 101 cm³/mol. The minimum Gasteiger partial charge on any atom is -0.305 e. The Morgan fingerprint density at radius 1 is 1.04 bits per heavy atom. The molecule has 0 saturated carbocycles. The first-order valence-corrected chi connectivity index (χ1v) is 10.0. The Kier molecular flexibility index (Phi) is 7.57. The van der Waals surface area contributed by atoms with E-state index >= 15 is 0 Å². The molecule has 0 heterocycles. The van der Waals surface area contributed by atoms with Crippen LogP contribution in [0.5, 0.6) is 0 Å². The van der Waals surface area contributed by atoms with Gasteiger partial charge in [0.05, 0.1) is 4.90 Å². The molecule has 2 rings (SSSR count). The molecule has 132 valence electrons. The summed E-state index contributed by atoms with van der Waals surface area (Å²) in [5.74, 6) is -0.157. The third-order valence-electron chi connectivity index (χ3n) is 3.33. The van der Waals surface area contributed by atoms with Gasteiger partial charge in [-0.1, -0.05) is 22.0 Å². The Bertz CT molecular complexity index is 805. The fourth-order valence-electron chi connectivity index (χ4n) is 2.21. The molecule has 0 spiro atoms. The Hall–Kier alpha value is -1.24. The molecule has 2 aromatic carbocycles. The molecule has 0 bridgehead atoms. The molecule has 0 atom stereocenters. The molecule has 2 aromatic rings. The first-order chi connectivity index (χ1) is 11.0. The van der Waals surface area contributed by atoms with Gasteiger partial charge in [-0.3, -0.25) is 0 Å². The third-order valence-corrected chi connectivity index (χ3v) is 5.08. The summed E-state index contributed by atoms with van der Waals surface area (Å²) in [5, 5.41) is 0. The minimum absolute atomic E-state index is 0.157. The average molecular weight is 416 g/mol. The predicted octanol–water partition coefficient (Wildman–Crippen LogP) is 4.36. The highest BCUT2D eigenvalue weighted by Crippen LogP contribution is 2.19. The van der Waals surface area contributed by atoms with Crippen molar-refractivity contribution >= 4 is 25.8 Å². The van der Waals surface area contributed by atoms with E-state index in [1.807, 2.05) is 27.1 Å². The molecule has 0 aliphatic carbocycles. The second-order valence-corrected chi connectivity index (χ2v) is 8.89. The quantitative estimate of drug-likeness (QED) is 0.747. The zero-order valence-corrected chi connectivity index (χ0v) is 17.0. The molecule has 0 aliphatic heterocycles. The van der Waals surface area contributed by atoms with Crippen LogP contribution in [0.2, 0.25) is 0 Å². The SMILES string of the molecule is Cc1cc(Br)ccc1S(C)(=O)=O.Cc1cc(F)ccc1CN(C)C. The van der Waals surface area contributed by atoms with Crippen molar-refractivity contribution in [2.75, 3.05) is 20.4 Å². The highest BCUT2D eigenvalue weighted by atomic mass is 79.9. The monoisotopic (exact) mass is 415 g/mol. The topological polar surface area (TPSA) is 37.4 Å². The van der Waals surface area contributed by atoms with Crippen LogP contribution in [0.15, 0.2) is 45.8 Å². The number of halogens is 2. The van der Waals surface area contributed by atoms with Crippen LogP contribution in [0.1, 0.15) is 16.7 Å². The summed E-state index contributed by atoms with van der Waals surface area (Å²) in [4.78, 5) is 2.46. The molecule has 6 heteroatoms. The van der Waals surface area contributed by atoms with Crippen molar-refractivity contribution in [1.29, 1.82) is 0 Å². The fraction of sp³-hybridized carbons (Fsp3) is 0.333. The second-order valence-electron chi connectivity index (χ2n) is 5.99. The molecular formula is C18H23BrFNO2S. The highest BCUT2D eigenvalue weighted by Gasteiger charge is 2.09. The van der Waals surface area contributed by atoms with Crippen LogP contribution >= 0.6 is 15.9 Å². The lowest BCUT2D eigenvalue weighted by Gasteiger charge is -2.11. The lowest BCUT2D eigenvalue weighted by Crippen LogP contribution is -2.11. The van der Waals surface area contributed by atoms with Gasteiger partial charge < -0.3 is 4.90 Å². The normalized spacial score (nSPS) is 11.2. The standard InChI is InChI=1S/C10H14FN.C8H9BrO2S/c1-8-6-10(11)5-4-9(8)7-12(2)3;1-6-5-7(9)3-4-8(6)12(2,10)11/h4-6H,7H2,1-3H3;3-5H,1-2H3. The fourth-order valence-corrected chi connectivity index (χ4v) is 3.64. The van der Waals surface area contributed by atoms with Crippen molar-refractivity contribution in [2.45, 2.75) is 25.3 Å². The van der Waals surface area contributed by atoms with Crippen LogP contribution in [0.25, 0.3) is 0 Å². The Morgan fingerprint density at radius 3 is 2.12 bits per heavy atom. The molecule has 0 N–H and O–H groups in total. The second kappa shape index (κ2) is 8.74. The summed E-state index contributed by atoms with van der Waals surface area (Å²) >= 11 is 3.27. The molecule has 0 saturated heterocycles. The number of benzene rings is 2. The molecule has 24 heavy (non-hydrogen) atoms. The van der Waals surface area contributed by atoms with Crippen molar-refractivity contribution in [3.05, 3.63) is 63.4 Å². The van der Waals surface area contributed by atoms with Crippen LogP contribution in [0, 0.1) is 19.7 Å². The van der Waals surface area contributed by atoms with E-state index in [2.05, 4.69) is 20.8 Å². The van der Waals surface area contributed by atoms with Gasteiger partial charge in [-0.05, 0) is 75.0 Å². The lowest BCUT2D eigenvalue weighted by molar-refractivity contribution is 0.401. The van der Waals surface area contributed by atoms with E-state index in [-0.39, 0.29) is 5.82 Å². The molecule has 0 fully saturated rings. The van der Waals surface area contributed by atoms with Crippen molar-refractivity contribution in [3.8, 4) is 0 Å². The maximum absolute atomic E-state index is 12.7. The van der Waals surface area contributed by atoms with Crippen molar-refractivity contribution in [1.82, 2.24) is 4.90 Å².